The van der Waals surface area contributed by atoms with Gasteiger partial charge in [-0.1, -0.05) is 6.07 Å². The van der Waals surface area contributed by atoms with Crippen molar-refractivity contribution in [3.05, 3.63) is 29.6 Å². The van der Waals surface area contributed by atoms with Crippen LogP contribution in [0, 0.1) is 17.2 Å². The highest BCUT2D eigenvalue weighted by molar-refractivity contribution is 7.98. The first-order chi connectivity index (χ1) is 7.40. The largest absolute Gasteiger partial charge is 0.316 e. The summed E-state index contributed by atoms with van der Waals surface area (Å²) >= 11 is 1.89. The highest BCUT2D eigenvalue weighted by Crippen LogP contribution is 2.18. The Morgan fingerprint density at radius 2 is 2.47 bits per heavy atom. The smallest absolute Gasteiger partial charge is 0.144 e. The third kappa shape index (κ3) is 2.71. The minimum Gasteiger partial charge on any atom is -0.316 e. The Kier molecular flexibility index (Phi) is 3.59. The Morgan fingerprint density at radius 1 is 1.60 bits per heavy atom. The summed E-state index contributed by atoms with van der Waals surface area (Å²) in [5.74, 6) is 2.89. The molecule has 0 radical (unpaired) electrons. The molecule has 2 heterocycles. The molecule has 1 aliphatic rings. The van der Waals surface area contributed by atoms with Gasteiger partial charge in [-0.05, 0) is 36.4 Å². The average Bonchev–Trinajstić information content (AvgIpc) is 2.22. The summed E-state index contributed by atoms with van der Waals surface area (Å²) in [6.07, 6.45) is 1.67. The average molecular weight is 219 g/mol. The zero-order chi connectivity index (χ0) is 10.5. The van der Waals surface area contributed by atoms with E-state index in [1.54, 1.807) is 6.20 Å². The Hall–Kier alpha value is -1.05. The molecule has 1 fully saturated rings. The molecule has 3 nitrogen and oxygen atoms in total. The van der Waals surface area contributed by atoms with Crippen LogP contribution in [0.15, 0.2) is 18.3 Å². The van der Waals surface area contributed by atoms with E-state index in [0.29, 0.717) is 5.69 Å². The number of hydrogen-bond acceptors (Lipinski definition) is 4. The first-order valence-electron chi connectivity index (χ1n) is 5.02. The lowest BCUT2D eigenvalue weighted by Crippen LogP contribution is -2.43. The first-order valence-corrected chi connectivity index (χ1v) is 6.18. The van der Waals surface area contributed by atoms with Gasteiger partial charge >= 0.3 is 0 Å². The van der Waals surface area contributed by atoms with Gasteiger partial charge in [0.05, 0.1) is 0 Å². The first kappa shape index (κ1) is 10.5. The molecule has 1 saturated heterocycles. The summed E-state index contributed by atoms with van der Waals surface area (Å²) in [6.45, 7) is 2.29. The quantitative estimate of drug-likeness (QED) is 0.831. The predicted molar refractivity (Wildman–Crippen MR) is 61.5 cm³/mol. The number of thioether (sulfide) groups is 1. The fraction of sp³-hybridized carbons (Fsp3) is 0.455. The summed E-state index contributed by atoms with van der Waals surface area (Å²) in [7, 11) is 0. The molecule has 1 aromatic rings. The van der Waals surface area contributed by atoms with Gasteiger partial charge < -0.3 is 5.32 Å². The minimum absolute atomic E-state index is 0.566. The Labute approximate surface area is 93.9 Å². The van der Waals surface area contributed by atoms with Crippen LogP contribution in [0.25, 0.3) is 0 Å². The van der Waals surface area contributed by atoms with E-state index in [0.717, 1.165) is 30.3 Å². The molecular formula is C11H13N3S. The maximum Gasteiger partial charge on any atom is 0.144 e. The summed E-state index contributed by atoms with van der Waals surface area (Å²) < 4.78 is 0. The van der Waals surface area contributed by atoms with Crippen LogP contribution < -0.4 is 5.32 Å². The van der Waals surface area contributed by atoms with Gasteiger partial charge in [0.2, 0.25) is 0 Å². The van der Waals surface area contributed by atoms with E-state index < -0.39 is 0 Å². The van der Waals surface area contributed by atoms with Crippen LogP contribution >= 0.6 is 11.8 Å². The van der Waals surface area contributed by atoms with E-state index in [1.807, 2.05) is 23.9 Å². The van der Waals surface area contributed by atoms with Crippen molar-refractivity contribution in [3.63, 3.8) is 0 Å². The molecule has 15 heavy (non-hydrogen) atoms. The third-order valence-electron chi connectivity index (χ3n) is 2.47. The summed E-state index contributed by atoms with van der Waals surface area (Å²) in [5, 5.41) is 12.1. The lowest BCUT2D eigenvalue weighted by molar-refractivity contribution is 0.385. The van der Waals surface area contributed by atoms with Gasteiger partial charge in [0, 0.05) is 11.9 Å². The van der Waals surface area contributed by atoms with Crippen LogP contribution in [0.2, 0.25) is 0 Å². The SMILES string of the molecule is N#Cc1ncccc1CSCC1CNC1. The maximum atomic E-state index is 8.85. The van der Waals surface area contributed by atoms with Crippen molar-refractivity contribution in [3.8, 4) is 6.07 Å². The van der Waals surface area contributed by atoms with Gasteiger partial charge in [-0.3, -0.25) is 0 Å². The van der Waals surface area contributed by atoms with Crippen molar-refractivity contribution in [2.24, 2.45) is 5.92 Å². The second kappa shape index (κ2) is 5.15. The monoisotopic (exact) mass is 219 g/mol. The molecule has 0 unspecified atom stereocenters. The van der Waals surface area contributed by atoms with Crippen LogP contribution in [-0.2, 0) is 5.75 Å². The molecule has 0 aliphatic carbocycles. The molecule has 0 atom stereocenters. The molecule has 2 rings (SSSR count). The van der Waals surface area contributed by atoms with Gasteiger partial charge in [0.1, 0.15) is 11.8 Å². The molecule has 1 N–H and O–H groups in total. The number of aromatic nitrogens is 1. The van der Waals surface area contributed by atoms with E-state index in [9.17, 15) is 0 Å². The number of hydrogen-bond donors (Lipinski definition) is 1. The van der Waals surface area contributed by atoms with E-state index in [2.05, 4.69) is 16.4 Å². The van der Waals surface area contributed by atoms with Crippen LogP contribution in [0.4, 0.5) is 0 Å². The zero-order valence-corrected chi connectivity index (χ0v) is 9.26. The Bertz CT molecular complexity index is 368. The standard InChI is InChI=1S/C11H13N3S/c12-4-11-10(2-1-3-14-11)8-15-7-9-5-13-6-9/h1-3,9,13H,5-8H2. The van der Waals surface area contributed by atoms with Gasteiger partial charge in [0.15, 0.2) is 0 Å². The number of pyridine rings is 1. The van der Waals surface area contributed by atoms with Gasteiger partial charge in [-0.15, -0.1) is 0 Å². The van der Waals surface area contributed by atoms with Crippen LogP contribution in [0.1, 0.15) is 11.3 Å². The van der Waals surface area contributed by atoms with Gasteiger partial charge in [0.25, 0.3) is 0 Å². The fourth-order valence-corrected chi connectivity index (χ4v) is 2.60. The van der Waals surface area contributed by atoms with Crippen molar-refractivity contribution >= 4 is 11.8 Å². The van der Waals surface area contributed by atoms with E-state index in [4.69, 9.17) is 5.26 Å². The van der Waals surface area contributed by atoms with Crippen molar-refractivity contribution in [2.75, 3.05) is 18.8 Å². The fourth-order valence-electron chi connectivity index (χ4n) is 1.46. The van der Waals surface area contributed by atoms with Crippen molar-refractivity contribution in [2.45, 2.75) is 5.75 Å². The normalized spacial score (nSPS) is 15.7. The summed E-state index contributed by atoms with van der Waals surface area (Å²) in [4.78, 5) is 4.04. The minimum atomic E-state index is 0.566. The van der Waals surface area contributed by atoms with E-state index >= 15 is 0 Å². The molecular weight excluding hydrogens is 206 g/mol. The number of nitriles is 1. The number of nitrogens with zero attached hydrogens (tertiary/aromatic N) is 2. The molecule has 0 amide bonds. The van der Waals surface area contributed by atoms with Crippen LogP contribution in [-0.4, -0.2) is 23.8 Å². The molecule has 0 saturated carbocycles. The van der Waals surface area contributed by atoms with Crippen molar-refractivity contribution in [1.82, 2.24) is 10.3 Å². The molecule has 0 aromatic carbocycles. The molecule has 4 heteroatoms. The van der Waals surface area contributed by atoms with Crippen LogP contribution in [0.5, 0.6) is 0 Å². The Morgan fingerprint density at radius 3 is 3.13 bits per heavy atom. The molecule has 1 aliphatic heterocycles. The van der Waals surface area contributed by atoms with Gasteiger partial charge in [-0.25, -0.2) is 4.98 Å². The predicted octanol–water partition coefficient (Wildman–Crippen LogP) is 1.41. The lowest BCUT2D eigenvalue weighted by Gasteiger charge is -2.26. The highest BCUT2D eigenvalue weighted by Gasteiger charge is 2.16. The van der Waals surface area contributed by atoms with Crippen molar-refractivity contribution in [1.29, 1.82) is 5.26 Å². The van der Waals surface area contributed by atoms with Crippen LogP contribution in [0.3, 0.4) is 0 Å². The van der Waals surface area contributed by atoms with E-state index in [1.165, 1.54) is 5.75 Å². The van der Waals surface area contributed by atoms with Gasteiger partial charge in [-0.2, -0.15) is 17.0 Å². The molecule has 0 spiro atoms. The lowest BCUT2D eigenvalue weighted by atomic mass is 10.1. The maximum absolute atomic E-state index is 8.85. The number of nitrogens with one attached hydrogen (secondary N) is 1. The Balaban J connectivity index is 1.84. The zero-order valence-electron chi connectivity index (χ0n) is 8.44. The second-order valence-corrected chi connectivity index (χ2v) is 4.69. The summed E-state index contributed by atoms with van der Waals surface area (Å²) in [5.41, 5.74) is 1.62. The second-order valence-electron chi connectivity index (χ2n) is 3.66. The van der Waals surface area contributed by atoms with Crippen molar-refractivity contribution < 1.29 is 0 Å². The highest BCUT2D eigenvalue weighted by atomic mass is 32.2. The molecule has 1 aromatic heterocycles. The van der Waals surface area contributed by atoms with E-state index in [-0.39, 0.29) is 0 Å². The third-order valence-corrected chi connectivity index (χ3v) is 3.70. The number of rotatable bonds is 4. The molecule has 0 bridgehead atoms. The molecule has 78 valence electrons. The topological polar surface area (TPSA) is 48.7 Å². The summed E-state index contributed by atoms with van der Waals surface area (Å²) in [6, 6.07) is 6.00.